The zero-order valence-corrected chi connectivity index (χ0v) is 13.1. The van der Waals surface area contributed by atoms with Crippen LogP contribution < -0.4 is 5.32 Å². The fourth-order valence-electron chi connectivity index (χ4n) is 2.09. The van der Waals surface area contributed by atoms with Gasteiger partial charge in [-0.25, -0.2) is 9.97 Å². The molecule has 1 aromatic heterocycles. The first-order valence-electron chi connectivity index (χ1n) is 6.43. The predicted octanol–water partition coefficient (Wildman–Crippen LogP) is 3.74. The van der Waals surface area contributed by atoms with E-state index < -0.39 is 0 Å². The van der Waals surface area contributed by atoms with Crippen LogP contribution in [0.25, 0.3) is 0 Å². The summed E-state index contributed by atoms with van der Waals surface area (Å²) < 4.78 is 1.10. The van der Waals surface area contributed by atoms with Gasteiger partial charge in [-0.15, -0.1) is 0 Å². The molecule has 0 unspecified atom stereocenters. The van der Waals surface area contributed by atoms with Crippen molar-refractivity contribution >= 4 is 21.7 Å². The van der Waals surface area contributed by atoms with Crippen molar-refractivity contribution in [1.29, 1.82) is 0 Å². The van der Waals surface area contributed by atoms with E-state index >= 15 is 0 Å². The smallest absolute Gasteiger partial charge is 0.135 e. The summed E-state index contributed by atoms with van der Waals surface area (Å²) in [6.07, 6.45) is 1.66. The Morgan fingerprint density at radius 2 is 1.95 bits per heavy atom. The van der Waals surface area contributed by atoms with Gasteiger partial charge in [-0.3, -0.25) is 0 Å². The van der Waals surface area contributed by atoms with Crippen LogP contribution in [-0.4, -0.2) is 17.0 Å². The van der Waals surface area contributed by atoms with Crippen LogP contribution in [0.3, 0.4) is 0 Å². The van der Waals surface area contributed by atoms with Gasteiger partial charge >= 0.3 is 0 Å². The Morgan fingerprint density at radius 3 is 2.58 bits per heavy atom. The van der Waals surface area contributed by atoms with E-state index in [1.54, 1.807) is 0 Å². The van der Waals surface area contributed by atoms with Crippen LogP contribution in [0.4, 0.5) is 5.82 Å². The maximum absolute atomic E-state index is 4.66. The number of anilines is 1. The Kier molecular flexibility index (Phi) is 4.53. The molecule has 3 nitrogen and oxygen atoms in total. The van der Waals surface area contributed by atoms with Gasteiger partial charge in [0.2, 0.25) is 0 Å². The number of benzene rings is 1. The molecule has 0 aliphatic carbocycles. The molecule has 0 fully saturated rings. The van der Waals surface area contributed by atoms with Crippen LogP contribution in [0.1, 0.15) is 29.6 Å². The van der Waals surface area contributed by atoms with Crippen molar-refractivity contribution in [3.8, 4) is 0 Å². The number of aromatic nitrogens is 2. The van der Waals surface area contributed by atoms with Crippen LogP contribution in [0.15, 0.2) is 28.7 Å². The first-order chi connectivity index (χ1) is 9.15. The molecule has 0 spiro atoms. The van der Waals surface area contributed by atoms with Crippen molar-refractivity contribution < 1.29 is 0 Å². The van der Waals surface area contributed by atoms with E-state index in [1.807, 2.05) is 25.2 Å². The number of hydrogen-bond donors (Lipinski definition) is 1. The molecule has 0 saturated heterocycles. The van der Waals surface area contributed by atoms with Gasteiger partial charge in [-0.1, -0.05) is 41.1 Å². The molecule has 0 aliphatic heterocycles. The molecule has 1 aromatic carbocycles. The van der Waals surface area contributed by atoms with Crippen molar-refractivity contribution in [2.75, 3.05) is 12.4 Å². The van der Waals surface area contributed by atoms with Gasteiger partial charge in [0.25, 0.3) is 0 Å². The number of hydrogen-bond acceptors (Lipinski definition) is 3. The summed E-state index contributed by atoms with van der Waals surface area (Å²) >= 11 is 3.57. The molecule has 0 atom stereocenters. The summed E-state index contributed by atoms with van der Waals surface area (Å²) in [7, 11) is 1.90. The van der Waals surface area contributed by atoms with Crippen molar-refractivity contribution in [1.82, 2.24) is 9.97 Å². The van der Waals surface area contributed by atoms with Crippen LogP contribution in [0.2, 0.25) is 0 Å². The molecule has 1 heterocycles. The van der Waals surface area contributed by atoms with Crippen LogP contribution in [-0.2, 0) is 12.8 Å². The molecule has 0 amide bonds. The fourth-order valence-corrected chi connectivity index (χ4v) is 2.52. The Hall–Kier alpha value is -1.42. The van der Waals surface area contributed by atoms with E-state index in [2.05, 4.69) is 51.1 Å². The molecule has 0 bridgehead atoms. The molecule has 0 radical (unpaired) electrons. The quantitative estimate of drug-likeness (QED) is 0.932. The number of nitrogens with one attached hydrogen (secondary N) is 1. The van der Waals surface area contributed by atoms with Crippen LogP contribution in [0.5, 0.6) is 0 Å². The summed E-state index contributed by atoms with van der Waals surface area (Å²) in [5.41, 5.74) is 3.46. The van der Waals surface area contributed by atoms with Gasteiger partial charge in [0.05, 0.1) is 0 Å². The SMILES string of the molecule is CCc1nc(Cc2ccccc2Br)nc(NC)c1C. The van der Waals surface area contributed by atoms with Crippen LogP contribution in [0, 0.1) is 6.92 Å². The highest BCUT2D eigenvalue weighted by Crippen LogP contribution is 2.21. The number of aryl methyl sites for hydroxylation is 1. The van der Waals surface area contributed by atoms with Gasteiger partial charge in [-0.05, 0) is 25.0 Å². The summed E-state index contributed by atoms with van der Waals surface area (Å²) in [4.78, 5) is 9.26. The highest BCUT2D eigenvalue weighted by molar-refractivity contribution is 9.10. The lowest BCUT2D eigenvalue weighted by molar-refractivity contribution is 0.889. The van der Waals surface area contributed by atoms with E-state index in [0.717, 1.165) is 40.2 Å². The van der Waals surface area contributed by atoms with Gasteiger partial charge < -0.3 is 5.32 Å². The molecule has 2 aromatic rings. The second-order valence-electron chi connectivity index (χ2n) is 4.43. The predicted molar refractivity (Wildman–Crippen MR) is 82.6 cm³/mol. The molecular weight excluding hydrogens is 302 g/mol. The topological polar surface area (TPSA) is 37.8 Å². The Labute approximate surface area is 122 Å². The molecule has 2 rings (SSSR count). The molecule has 100 valence electrons. The summed E-state index contributed by atoms with van der Waals surface area (Å²) in [6.45, 7) is 4.18. The lowest BCUT2D eigenvalue weighted by atomic mass is 10.1. The van der Waals surface area contributed by atoms with Crippen LogP contribution >= 0.6 is 15.9 Å². The first kappa shape index (κ1) is 14.0. The zero-order valence-electron chi connectivity index (χ0n) is 11.5. The number of nitrogens with zero attached hydrogens (tertiary/aromatic N) is 2. The lowest BCUT2D eigenvalue weighted by Crippen LogP contribution is -2.07. The third kappa shape index (κ3) is 3.13. The Bertz CT molecular complexity index is 556. The van der Waals surface area contributed by atoms with E-state index in [9.17, 15) is 0 Å². The first-order valence-corrected chi connectivity index (χ1v) is 7.22. The molecule has 19 heavy (non-hydrogen) atoms. The van der Waals surface area contributed by atoms with Crippen molar-refractivity contribution in [3.63, 3.8) is 0 Å². The number of rotatable bonds is 4. The highest BCUT2D eigenvalue weighted by Gasteiger charge is 2.10. The second-order valence-corrected chi connectivity index (χ2v) is 5.29. The molecule has 1 N–H and O–H groups in total. The average Bonchev–Trinajstić information content (AvgIpc) is 2.43. The standard InChI is InChI=1S/C15H18BrN3/c1-4-13-10(2)15(17-3)19-14(18-13)9-11-7-5-6-8-12(11)16/h5-8H,4,9H2,1-3H3,(H,17,18,19). The normalized spacial score (nSPS) is 10.5. The Balaban J connectivity index is 2.38. The van der Waals surface area contributed by atoms with Gasteiger partial charge in [0, 0.05) is 29.2 Å². The Morgan fingerprint density at radius 1 is 1.21 bits per heavy atom. The average molecular weight is 320 g/mol. The van der Waals surface area contributed by atoms with Gasteiger partial charge in [0.1, 0.15) is 11.6 Å². The minimum atomic E-state index is 0.739. The van der Waals surface area contributed by atoms with Gasteiger partial charge in [-0.2, -0.15) is 0 Å². The summed E-state index contributed by atoms with van der Waals surface area (Å²) in [5, 5.41) is 3.15. The van der Waals surface area contributed by atoms with E-state index in [-0.39, 0.29) is 0 Å². The van der Waals surface area contributed by atoms with Gasteiger partial charge in [0.15, 0.2) is 0 Å². The largest absolute Gasteiger partial charge is 0.373 e. The lowest BCUT2D eigenvalue weighted by Gasteiger charge is -2.11. The second kappa shape index (κ2) is 6.15. The summed E-state index contributed by atoms with van der Waals surface area (Å²) in [6, 6.07) is 8.19. The maximum Gasteiger partial charge on any atom is 0.135 e. The minimum Gasteiger partial charge on any atom is -0.373 e. The third-order valence-corrected chi connectivity index (χ3v) is 3.94. The van der Waals surface area contributed by atoms with E-state index in [4.69, 9.17) is 0 Å². The molecule has 4 heteroatoms. The fraction of sp³-hybridized carbons (Fsp3) is 0.333. The maximum atomic E-state index is 4.66. The highest BCUT2D eigenvalue weighted by atomic mass is 79.9. The third-order valence-electron chi connectivity index (χ3n) is 3.17. The zero-order chi connectivity index (χ0) is 13.8. The molecule has 0 saturated carbocycles. The monoisotopic (exact) mass is 319 g/mol. The van der Waals surface area contributed by atoms with E-state index in [0.29, 0.717) is 0 Å². The minimum absolute atomic E-state index is 0.739. The molecular formula is C15H18BrN3. The van der Waals surface area contributed by atoms with Crippen molar-refractivity contribution in [2.24, 2.45) is 0 Å². The summed E-state index contributed by atoms with van der Waals surface area (Å²) in [5.74, 6) is 1.78. The van der Waals surface area contributed by atoms with E-state index in [1.165, 1.54) is 5.56 Å². The molecule has 0 aliphatic rings. The number of halogens is 1. The van der Waals surface area contributed by atoms with Crippen molar-refractivity contribution in [2.45, 2.75) is 26.7 Å². The van der Waals surface area contributed by atoms with Crippen molar-refractivity contribution in [3.05, 3.63) is 51.4 Å².